The van der Waals surface area contributed by atoms with E-state index in [1.54, 1.807) is 18.4 Å². The first-order valence-electron chi connectivity index (χ1n) is 10.4. The Balaban J connectivity index is 1.70. The molecule has 0 spiro atoms. The number of rotatable bonds is 7. The van der Waals surface area contributed by atoms with Crippen LogP contribution in [0.15, 0.2) is 0 Å². The number of nitrogens with zero attached hydrogens (tertiary/aromatic N) is 1. The lowest BCUT2D eigenvalue weighted by molar-refractivity contribution is -0.117. The highest BCUT2D eigenvalue weighted by atomic mass is 32.1. The van der Waals surface area contributed by atoms with Crippen molar-refractivity contribution in [2.24, 2.45) is 11.8 Å². The first-order chi connectivity index (χ1) is 13.5. The number of amides is 2. The normalized spacial score (nSPS) is 22.5. The molecule has 0 bridgehead atoms. The van der Waals surface area contributed by atoms with Crippen molar-refractivity contribution in [3.05, 3.63) is 16.0 Å². The van der Waals surface area contributed by atoms with Gasteiger partial charge in [0.1, 0.15) is 5.00 Å². The average Bonchev–Trinajstić information content (AvgIpc) is 2.98. The third-order valence-electron chi connectivity index (χ3n) is 5.55. The molecule has 7 heteroatoms. The van der Waals surface area contributed by atoms with Gasteiger partial charge in [-0.05, 0) is 49.5 Å². The van der Waals surface area contributed by atoms with E-state index < -0.39 is 0 Å². The zero-order valence-corrected chi connectivity index (χ0v) is 18.1. The van der Waals surface area contributed by atoms with E-state index in [1.165, 1.54) is 11.3 Å². The van der Waals surface area contributed by atoms with Crippen LogP contribution < -0.4 is 10.6 Å². The van der Waals surface area contributed by atoms with Crippen molar-refractivity contribution < 1.29 is 14.3 Å². The van der Waals surface area contributed by atoms with Crippen molar-refractivity contribution in [1.82, 2.24) is 10.2 Å². The predicted octanol–water partition coefficient (Wildman–Crippen LogP) is 2.92. The number of methoxy groups -OCH3 is 1. The number of thiophene rings is 1. The number of aryl methyl sites for hydroxylation is 1. The zero-order valence-electron chi connectivity index (χ0n) is 17.3. The lowest BCUT2D eigenvalue weighted by atomic mass is 9.92. The molecule has 3 rings (SSSR count). The molecular formula is C21H33N3O3S. The van der Waals surface area contributed by atoms with E-state index in [0.29, 0.717) is 42.1 Å². The third kappa shape index (κ3) is 5.33. The van der Waals surface area contributed by atoms with E-state index in [4.69, 9.17) is 4.74 Å². The van der Waals surface area contributed by atoms with Crippen LogP contribution in [0, 0.1) is 11.8 Å². The summed E-state index contributed by atoms with van der Waals surface area (Å²) in [7, 11) is 1.62. The maximum Gasteiger partial charge on any atom is 0.254 e. The molecule has 1 aromatic heterocycles. The molecule has 2 amide bonds. The number of carbonyl (C=O) groups is 2. The van der Waals surface area contributed by atoms with Gasteiger partial charge in [-0.25, -0.2) is 0 Å². The van der Waals surface area contributed by atoms with Gasteiger partial charge in [-0.15, -0.1) is 11.3 Å². The van der Waals surface area contributed by atoms with E-state index in [0.717, 1.165) is 44.3 Å². The molecule has 1 aliphatic heterocycles. The molecule has 2 N–H and O–H groups in total. The molecule has 2 atom stereocenters. The largest absolute Gasteiger partial charge is 0.383 e. The topological polar surface area (TPSA) is 70.7 Å². The van der Waals surface area contributed by atoms with Gasteiger partial charge in [0.2, 0.25) is 5.91 Å². The smallest absolute Gasteiger partial charge is 0.254 e. The molecule has 1 fully saturated rings. The molecule has 6 nitrogen and oxygen atoms in total. The molecule has 0 radical (unpaired) electrons. The molecule has 0 unspecified atom stereocenters. The highest BCUT2D eigenvalue weighted by molar-refractivity contribution is 7.17. The second-order valence-corrected chi connectivity index (χ2v) is 9.46. The summed E-state index contributed by atoms with van der Waals surface area (Å²) in [5, 5.41) is 6.70. The fourth-order valence-corrected chi connectivity index (χ4v) is 5.84. The Hall–Kier alpha value is -1.44. The van der Waals surface area contributed by atoms with Crippen LogP contribution >= 0.6 is 11.3 Å². The quantitative estimate of drug-likeness (QED) is 0.682. The Bertz CT molecular complexity index is 693. The highest BCUT2D eigenvalue weighted by Crippen LogP contribution is 2.38. The van der Waals surface area contributed by atoms with E-state index >= 15 is 0 Å². The molecule has 0 saturated carbocycles. The van der Waals surface area contributed by atoms with E-state index in [-0.39, 0.29) is 11.8 Å². The summed E-state index contributed by atoms with van der Waals surface area (Å²) in [4.78, 5) is 29.0. The molecule has 1 aromatic rings. The third-order valence-corrected chi connectivity index (χ3v) is 6.76. The summed E-state index contributed by atoms with van der Waals surface area (Å²) in [6.45, 7) is 7.75. The summed E-state index contributed by atoms with van der Waals surface area (Å²) in [5.74, 6) is 1.11. The number of nitrogens with one attached hydrogen (secondary N) is 2. The molecular weight excluding hydrogens is 374 g/mol. The van der Waals surface area contributed by atoms with Gasteiger partial charge in [0.15, 0.2) is 0 Å². The number of hydrogen-bond acceptors (Lipinski definition) is 5. The SMILES string of the molecule is COCCNC(=O)c1c(NC(=O)CN2C[C@H](C)C[C@H](C)C2)sc2c1CCCC2. The molecule has 1 aliphatic carbocycles. The van der Waals surface area contributed by atoms with Gasteiger partial charge in [0, 0.05) is 31.6 Å². The molecule has 28 heavy (non-hydrogen) atoms. The fraction of sp³-hybridized carbons (Fsp3) is 0.714. The van der Waals surface area contributed by atoms with Crippen LogP contribution in [0.4, 0.5) is 5.00 Å². The number of fused-ring (bicyclic) bond motifs is 1. The maximum absolute atomic E-state index is 12.8. The van der Waals surface area contributed by atoms with Crippen LogP contribution in [0.1, 0.15) is 53.9 Å². The van der Waals surface area contributed by atoms with Crippen LogP contribution in [0.25, 0.3) is 0 Å². The summed E-state index contributed by atoms with van der Waals surface area (Å²) >= 11 is 1.58. The second-order valence-electron chi connectivity index (χ2n) is 8.35. The fourth-order valence-electron chi connectivity index (χ4n) is 4.54. The minimum Gasteiger partial charge on any atom is -0.383 e. The van der Waals surface area contributed by atoms with Gasteiger partial charge in [0.05, 0.1) is 18.7 Å². The van der Waals surface area contributed by atoms with Crippen LogP contribution in [0.2, 0.25) is 0 Å². The van der Waals surface area contributed by atoms with Crippen molar-refractivity contribution in [2.75, 3.05) is 45.2 Å². The predicted molar refractivity (Wildman–Crippen MR) is 113 cm³/mol. The van der Waals surface area contributed by atoms with Crippen LogP contribution in [-0.2, 0) is 22.4 Å². The van der Waals surface area contributed by atoms with Gasteiger partial charge in [-0.1, -0.05) is 13.8 Å². The lowest BCUT2D eigenvalue weighted by Crippen LogP contribution is -2.42. The Morgan fingerprint density at radius 1 is 1.18 bits per heavy atom. The molecule has 2 heterocycles. The first-order valence-corrected chi connectivity index (χ1v) is 11.2. The van der Waals surface area contributed by atoms with Gasteiger partial charge in [-0.3, -0.25) is 14.5 Å². The Labute approximate surface area is 172 Å². The molecule has 2 aliphatic rings. The molecule has 156 valence electrons. The summed E-state index contributed by atoms with van der Waals surface area (Å²) in [5.41, 5.74) is 1.80. The lowest BCUT2D eigenvalue weighted by Gasteiger charge is -2.34. The number of anilines is 1. The Morgan fingerprint density at radius 3 is 2.61 bits per heavy atom. The summed E-state index contributed by atoms with van der Waals surface area (Å²) in [6, 6.07) is 0. The van der Waals surface area contributed by atoms with Crippen molar-refractivity contribution in [3.8, 4) is 0 Å². The van der Waals surface area contributed by atoms with Crippen LogP contribution in [0.3, 0.4) is 0 Å². The van der Waals surface area contributed by atoms with E-state index in [9.17, 15) is 9.59 Å². The Kier molecular flexibility index (Phi) is 7.48. The van der Waals surface area contributed by atoms with E-state index in [1.807, 2.05) is 0 Å². The van der Waals surface area contributed by atoms with Crippen molar-refractivity contribution >= 4 is 28.2 Å². The first kappa shape index (κ1) is 21.3. The van der Waals surface area contributed by atoms with Crippen molar-refractivity contribution in [2.45, 2.75) is 46.0 Å². The van der Waals surface area contributed by atoms with Crippen molar-refractivity contribution in [1.29, 1.82) is 0 Å². The molecule has 1 saturated heterocycles. The maximum atomic E-state index is 12.8. The van der Waals surface area contributed by atoms with Gasteiger partial charge in [-0.2, -0.15) is 0 Å². The van der Waals surface area contributed by atoms with E-state index in [2.05, 4.69) is 29.4 Å². The zero-order chi connectivity index (χ0) is 20.1. The monoisotopic (exact) mass is 407 g/mol. The standard InChI is InChI=1S/C21H33N3O3S/c1-14-10-15(2)12-24(11-14)13-18(25)23-21-19(20(26)22-8-9-27-3)16-6-4-5-7-17(16)28-21/h14-15H,4-13H2,1-3H3,(H,22,26)(H,23,25)/t14-,15+. The highest BCUT2D eigenvalue weighted by Gasteiger charge is 2.28. The second kappa shape index (κ2) is 9.85. The van der Waals surface area contributed by atoms with Crippen molar-refractivity contribution in [3.63, 3.8) is 0 Å². The number of ether oxygens (including phenoxy) is 1. The van der Waals surface area contributed by atoms with Crippen LogP contribution in [-0.4, -0.2) is 56.6 Å². The number of piperidine rings is 1. The minimum atomic E-state index is -0.105. The number of hydrogen-bond donors (Lipinski definition) is 2. The average molecular weight is 408 g/mol. The van der Waals surface area contributed by atoms with Crippen LogP contribution in [0.5, 0.6) is 0 Å². The number of likely N-dealkylation sites (tertiary alicyclic amines) is 1. The van der Waals surface area contributed by atoms with Gasteiger partial charge >= 0.3 is 0 Å². The molecule has 0 aromatic carbocycles. The van der Waals surface area contributed by atoms with Gasteiger partial charge < -0.3 is 15.4 Å². The summed E-state index contributed by atoms with van der Waals surface area (Å²) < 4.78 is 5.03. The summed E-state index contributed by atoms with van der Waals surface area (Å²) in [6.07, 6.45) is 5.38. The van der Waals surface area contributed by atoms with Gasteiger partial charge in [0.25, 0.3) is 5.91 Å². The Morgan fingerprint density at radius 2 is 1.89 bits per heavy atom. The number of carbonyl (C=O) groups excluding carboxylic acids is 2. The minimum absolute atomic E-state index is 0.0224.